The van der Waals surface area contributed by atoms with Crippen molar-refractivity contribution in [1.29, 1.82) is 0 Å². The molecule has 1 fully saturated rings. The quantitative estimate of drug-likeness (QED) is 0.505. The number of imidazole rings is 1. The third-order valence-corrected chi connectivity index (χ3v) is 6.30. The summed E-state index contributed by atoms with van der Waals surface area (Å²) in [4.78, 5) is 58.3. The van der Waals surface area contributed by atoms with Gasteiger partial charge in [0.2, 0.25) is 5.91 Å². The fourth-order valence-electron chi connectivity index (χ4n) is 4.22. The Hall–Kier alpha value is -3.69. The number of H-pyrrole nitrogens is 1. The zero-order chi connectivity index (χ0) is 24.4. The van der Waals surface area contributed by atoms with Crippen molar-refractivity contribution in [3.63, 3.8) is 0 Å². The Morgan fingerprint density at radius 3 is 2.59 bits per heavy atom. The monoisotopic (exact) mass is 467 g/mol. The number of esters is 1. The number of anilines is 1. The Morgan fingerprint density at radius 1 is 1.18 bits per heavy atom. The van der Waals surface area contributed by atoms with Crippen molar-refractivity contribution in [3.05, 3.63) is 56.5 Å². The summed E-state index contributed by atoms with van der Waals surface area (Å²) in [7, 11) is 1.64. The molecule has 4 rings (SSSR count). The summed E-state index contributed by atoms with van der Waals surface area (Å²) < 4.78 is 8.45. The van der Waals surface area contributed by atoms with Gasteiger partial charge < -0.3 is 14.2 Å². The fraction of sp³-hybridized carbons (Fsp3) is 0.458. The fourth-order valence-corrected chi connectivity index (χ4v) is 4.22. The number of hydrogen-bond donors (Lipinski definition) is 1. The molecule has 34 heavy (non-hydrogen) atoms. The van der Waals surface area contributed by atoms with Crippen LogP contribution in [0.5, 0.6) is 0 Å². The van der Waals surface area contributed by atoms with Crippen LogP contribution in [0.15, 0.2) is 33.9 Å². The van der Waals surface area contributed by atoms with Crippen LogP contribution >= 0.6 is 0 Å². The van der Waals surface area contributed by atoms with E-state index in [0.717, 1.165) is 24.9 Å². The highest BCUT2D eigenvalue weighted by atomic mass is 16.5. The van der Waals surface area contributed by atoms with Crippen molar-refractivity contribution in [2.24, 2.45) is 13.0 Å². The van der Waals surface area contributed by atoms with E-state index in [1.165, 1.54) is 14.7 Å². The number of nitrogens with one attached hydrogen (secondary N) is 1. The number of aromatic nitrogens is 4. The van der Waals surface area contributed by atoms with Crippen LogP contribution < -0.4 is 16.1 Å². The van der Waals surface area contributed by atoms with Crippen molar-refractivity contribution >= 4 is 28.7 Å². The molecule has 180 valence electrons. The van der Waals surface area contributed by atoms with Gasteiger partial charge in [0, 0.05) is 32.2 Å². The van der Waals surface area contributed by atoms with Gasteiger partial charge in [-0.3, -0.25) is 23.9 Å². The molecule has 1 unspecified atom stereocenters. The van der Waals surface area contributed by atoms with E-state index >= 15 is 0 Å². The molecular formula is C24H29N5O5. The average molecular weight is 468 g/mol. The van der Waals surface area contributed by atoms with Gasteiger partial charge in [-0.1, -0.05) is 32.4 Å². The van der Waals surface area contributed by atoms with E-state index in [2.05, 4.69) is 16.9 Å². The number of fused-ring (bicyclic) bond motifs is 1. The summed E-state index contributed by atoms with van der Waals surface area (Å²) in [5.41, 5.74) is 1.41. The Balaban J connectivity index is 1.48. The van der Waals surface area contributed by atoms with Gasteiger partial charge in [-0.15, -0.1) is 0 Å². The minimum Gasteiger partial charge on any atom is -0.457 e. The summed E-state index contributed by atoms with van der Waals surface area (Å²) in [6, 6.07) is 7.72. The largest absolute Gasteiger partial charge is 0.457 e. The molecule has 1 N–H and O–H groups in total. The highest BCUT2D eigenvalue weighted by Crippen LogP contribution is 2.26. The molecule has 1 aromatic carbocycles. The summed E-state index contributed by atoms with van der Waals surface area (Å²) >= 11 is 0. The first-order valence-corrected chi connectivity index (χ1v) is 11.6. The smallest absolute Gasteiger partial charge is 0.330 e. The van der Waals surface area contributed by atoms with E-state index in [9.17, 15) is 19.2 Å². The lowest BCUT2D eigenvalue weighted by atomic mass is 10.1. The Bertz CT molecular complexity index is 1330. The molecule has 0 spiro atoms. The maximum absolute atomic E-state index is 12.7. The van der Waals surface area contributed by atoms with Gasteiger partial charge in [0.25, 0.3) is 5.56 Å². The number of hydrogen-bond acceptors (Lipinski definition) is 6. The molecule has 3 heterocycles. The van der Waals surface area contributed by atoms with Crippen LogP contribution in [0.2, 0.25) is 0 Å². The zero-order valence-corrected chi connectivity index (χ0v) is 19.7. The number of ether oxygens (including phenoxy) is 1. The molecule has 1 atom stereocenters. The summed E-state index contributed by atoms with van der Waals surface area (Å²) in [5.74, 6) is -0.856. The van der Waals surface area contributed by atoms with Gasteiger partial charge in [0.15, 0.2) is 11.2 Å². The van der Waals surface area contributed by atoms with E-state index < -0.39 is 23.1 Å². The number of benzene rings is 1. The van der Waals surface area contributed by atoms with E-state index in [0.29, 0.717) is 12.4 Å². The molecule has 1 amide bonds. The van der Waals surface area contributed by atoms with E-state index in [1.54, 1.807) is 11.9 Å². The Kier molecular flexibility index (Phi) is 6.67. The highest BCUT2D eigenvalue weighted by molar-refractivity contribution is 5.99. The van der Waals surface area contributed by atoms with Crippen LogP contribution in [0.3, 0.4) is 0 Å². The maximum atomic E-state index is 12.7. The van der Waals surface area contributed by atoms with Gasteiger partial charge >= 0.3 is 11.7 Å². The molecule has 0 saturated carbocycles. The minimum atomic E-state index is -0.584. The molecule has 3 aromatic rings. The molecule has 0 bridgehead atoms. The lowest BCUT2D eigenvalue weighted by molar-refractivity contribution is -0.150. The molecule has 1 aliphatic rings. The number of rotatable bonds is 8. The number of carbonyl (C=O) groups excluding carboxylic acids is 2. The first-order chi connectivity index (χ1) is 16.3. The predicted octanol–water partition coefficient (Wildman–Crippen LogP) is 1.88. The topological polar surface area (TPSA) is 119 Å². The molecular weight excluding hydrogens is 438 g/mol. The van der Waals surface area contributed by atoms with Crippen LogP contribution in [-0.2, 0) is 40.9 Å². The van der Waals surface area contributed by atoms with Crippen molar-refractivity contribution in [2.75, 3.05) is 11.4 Å². The van der Waals surface area contributed by atoms with E-state index in [4.69, 9.17) is 4.74 Å². The Labute approximate surface area is 196 Å². The normalized spacial score (nSPS) is 15.9. The second-order valence-electron chi connectivity index (χ2n) is 8.56. The van der Waals surface area contributed by atoms with E-state index in [1.807, 2.05) is 31.2 Å². The second kappa shape index (κ2) is 9.66. The highest BCUT2D eigenvalue weighted by Gasteiger charge is 2.36. The maximum Gasteiger partial charge on any atom is 0.330 e. The predicted molar refractivity (Wildman–Crippen MR) is 127 cm³/mol. The lowest BCUT2D eigenvalue weighted by Crippen LogP contribution is -2.31. The van der Waals surface area contributed by atoms with Crippen molar-refractivity contribution in [2.45, 2.75) is 52.7 Å². The average Bonchev–Trinajstić information content (AvgIpc) is 3.37. The van der Waals surface area contributed by atoms with Gasteiger partial charge in [0.05, 0.1) is 5.92 Å². The second-order valence-corrected chi connectivity index (χ2v) is 8.56. The number of unbranched alkanes of at least 4 members (excludes halogenated alkanes) is 1. The van der Waals surface area contributed by atoms with Crippen molar-refractivity contribution < 1.29 is 14.3 Å². The molecule has 1 aliphatic heterocycles. The van der Waals surface area contributed by atoms with Crippen LogP contribution in [0.4, 0.5) is 5.69 Å². The zero-order valence-electron chi connectivity index (χ0n) is 19.7. The lowest BCUT2D eigenvalue weighted by Gasteiger charge is -2.17. The summed E-state index contributed by atoms with van der Waals surface area (Å²) in [6.45, 7) is 4.58. The van der Waals surface area contributed by atoms with Crippen molar-refractivity contribution in [3.8, 4) is 0 Å². The van der Waals surface area contributed by atoms with Gasteiger partial charge in [0.1, 0.15) is 12.4 Å². The first-order valence-electron chi connectivity index (χ1n) is 11.6. The van der Waals surface area contributed by atoms with Crippen LogP contribution in [0.1, 0.15) is 44.5 Å². The number of carbonyl (C=O) groups is 2. The van der Waals surface area contributed by atoms with Crippen molar-refractivity contribution in [1.82, 2.24) is 19.1 Å². The summed E-state index contributed by atoms with van der Waals surface area (Å²) in [5, 5.41) is 0. The number of aromatic amines is 1. The molecule has 0 aliphatic carbocycles. The minimum absolute atomic E-state index is 0.0765. The summed E-state index contributed by atoms with van der Waals surface area (Å²) in [6.07, 6.45) is 2.62. The van der Waals surface area contributed by atoms with Crippen LogP contribution in [-0.4, -0.2) is 37.5 Å². The first kappa shape index (κ1) is 23.5. The van der Waals surface area contributed by atoms with E-state index in [-0.39, 0.29) is 36.6 Å². The molecule has 0 radical (unpaired) electrons. The third-order valence-electron chi connectivity index (χ3n) is 6.30. The SMILES string of the molecule is CCCCn1c(=O)[nH]c(=O)c2c1nc(COC(=O)C1CC(=O)N(c3ccc(CC)cc3)C1)n2C. The molecule has 10 nitrogen and oxygen atoms in total. The molecule has 2 aromatic heterocycles. The van der Waals surface area contributed by atoms with Gasteiger partial charge in [-0.05, 0) is 30.5 Å². The third kappa shape index (κ3) is 4.40. The molecule has 1 saturated heterocycles. The number of nitrogens with zero attached hydrogens (tertiary/aromatic N) is 4. The van der Waals surface area contributed by atoms with Crippen LogP contribution in [0.25, 0.3) is 11.2 Å². The van der Waals surface area contributed by atoms with Gasteiger partial charge in [-0.2, -0.15) is 0 Å². The van der Waals surface area contributed by atoms with Crippen LogP contribution in [0, 0.1) is 5.92 Å². The standard InChI is InChI=1S/C24H29N5O5/c1-4-6-11-28-21-20(22(31)26-24(28)33)27(3)18(25-21)14-34-23(32)16-12-19(30)29(13-16)17-9-7-15(5-2)8-10-17/h7-10,16H,4-6,11-14H2,1-3H3,(H,26,31,33). The molecule has 10 heteroatoms. The number of aryl methyl sites for hydroxylation is 3. The Morgan fingerprint density at radius 2 is 1.91 bits per heavy atom. The van der Waals surface area contributed by atoms with Gasteiger partial charge in [-0.25, -0.2) is 9.78 Å². The number of amides is 1.